The van der Waals surface area contributed by atoms with Gasteiger partial charge in [-0.1, -0.05) is 24.6 Å². The molecule has 1 aromatic heterocycles. The highest BCUT2D eigenvalue weighted by molar-refractivity contribution is 6.31. The number of hydrazine groups is 1. The van der Waals surface area contributed by atoms with Crippen molar-refractivity contribution in [1.29, 1.82) is 0 Å². The zero-order valence-corrected chi connectivity index (χ0v) is 11.4. The molecule has 1 aromatic carbocycles. The molecule has 0 fully saturated rings. The van der Waals surface area contributed by atoms with Gasteiger partial charge in [-0.15, -0.1) is 0 Å². The summed E-state index contributed by atoms with van der Waals surface area (Å²) in [7, 11) is 0. The third-order valence-corrected chi connectivity index (χ3v) is 3.19. The summed E-state index contributed by atoms with van der Waals surface area (Å²) in [5.41, 5.74) is 4.52. The summed E-state index contributed by atoms with van der Waals surface area (Å²) in [4.78, 5) is 4.12. The second-order valence-electron chi connectivity index (χ2n) is 4.05. The fourth-order valence-electron chi connectivity index (χ4n) is 1.76. The first-order valence-electron chi connectivity index (χ1n) is 6.06. The van der Waals surface area contributed by atoms with Crippen molar-refractivity contribution in [2.45, 2.75) is 20.0 Å². The average molecular weight is 278 g/mol. The zero-order valence-electron chi connectivity index (χ0n) is 10.7. The molecule has 0 aliphatic rings. The van der Waals surface area contributed by atoms with Crippen molar-refractivity contribution in [3.63, 3.8) is 0 Å². The SMILES string of the molecule is CCc1cc(OCc2cccnc2NN)ccc1Cl. The number of aromatic nitrogens is 1. The van der Waals surface area contributed by atoms with Gasteiger partial charge in [0.2, 0.25) is 0 Å². The molecule has 0 saturated carbocycles. The highest BCUT2D eigenvalue weighted by Gasteiger charge is 2.04. The summed E-state index contributed by atoms with van der Waals surface area (Å²) in [6.07, 6.45) is 2.55. The van der Waals surface area contributed by atoms with Crippen molar-refractivity contribution in [3.8, 4) is 5.75 Å². The number of nitrogen functional groups attached to an aromatic ring is 1. The minimum absolute atomic E-state index is 0.401. The Bertz CT molecular complexity index is 560. The lowest BCUT2D eigenvalue weighted by molar-refractivity contribution is 0.306. The lowest BCUT2D eigenvalue weighted by Crippen LogP contribution is -2.12. The quantitative estimate of drug-likeness (QED) is 0.651. The van der Waals surface area contributed by atoms with E-state index in [1.807, 2.05) is 30.3 Å². The number of aryl methyl sites for hydroxylation is 1. The average Bonchev–Trinajstić information content (AvgIpc) is 2.46. The van der Waals surface area contributed by atoms with E-state index in [-0.39, 0.29) is 0 Å². The smallest absolute Gasteiger partial charge is 0.146 e. The molecule has 0 aliphatic heterocycles. The van der Waals surface area contributed by atoms with Crippen LogP contribution in [0, 0.1) is 0 Å². The Kier molecular flexibility index (Phi) is 4.60. The standard InChI is InChI=1S/C14H16ClN3O/c1-2-10-8-12(5-6-13(10)15)19-9-11-4-3-7-17-14(11)18-16/h3-8H,2,9,16H2,1H3,(H,17,18). The number of hydrogen-bond acceptors (Lipinski definition) is 4. The van der Waals surface area contributed by atoms with E-state index >= 15 is 0 Å². The van der Waals surface area contributed by atoms with E-state index in [9.17, 15) is 0 Å². The van der Waals surface area contributed by atoms with Crippen LogP contribution in [0.2, 0.25) is 5.02 Å². The summed E-state index contributed by atoms with van der Waals surface area (Å²) in [6.45, 7) is 2.46. The minimum Gasteiger partial charge on any atom is -0.489 e. The largest absolute Gasteiger partial charge is 0.489 e. The van der Waals surface area contributed by atoms with Crippen LogP contribution < -0.4 is 16.0 Å². The van der Waals surface area contributed by atoms with Gasteiger partial charge in [-0.2, -0.15) is 0 Å². The summed E-state index contributed by atoms with van der Waals surface area (Å²) >= 11 is 6.07. The number of nitrogens with zero attached hydrogens (tertiary/aromatic N) is 1. The number of halogens is 1. The molecule has 3 N–H and O–H groups in total. The lowest BCUT2D eigenvalue weighted by Gasteiger charge is -2.11. The first-order chi connectivity index (χ1) is 9.24. The van der Waals surface area contributed by atoms with Crippen molar-refractivity contribution in [1.82, 2.24) is 4.98 Å². The maximum Gasteiger partial charge on any atom is 0.146 e. The molecule has 0 spiro atoms. The van der Waals surface area contributed by atoms with Crippen LogP contribution in [-0.2, 0) is 13.0 Å². The molecule has 1 heterocycles. The molecule has 5 heteroatoms. The second-order valence-corrected chi connectivity index (χ2v) is 4.46. The fourth-order valence-corrected chi connectivity index (χ4v) is 2.01. The van der Waals surface area contributed by atoms with Crippen LogP contribution >= 0.6 is 11.6 Å². The fraction of sp³-hybridized carbons (Fsp3) is 0.214. The number of nitrogens with two attached hydrogens (primary N) is 1. The Morgan fingerprint density at radius 1 is 1.32 bits per heavy atom. The molecule has 2 rings (SSSR count). The van der Waals surface area contributed by atoms with Gasteiger partial charge in [-0.3, -0.25) is 0 Å². The van der Waals surface area contributed by atoms with Gasteiger partial charge in [-0.25, -0.2) is 10.8 Å². The van der Waals surface area contributed by atoms with Gasteiger partial charge in [0.25, 0.3) is 0 Å². The van der Waals surface area contributed by atoms with Crippen LogP contribution in [0.15, 0.2) is 36.5 Å². The number of rotatable bonds is 5. The van der Waals surface area contributed by atoms with Crippen molar-refractivity contribution >= 4 is 17.4 Å². The van der Waals surface area contributed by atoms with E-state index in [0.29, 0.717) is 12.4 Å². The molecule has 100 valence electrons. The first-order valence-corrected chi connectivity index (χ1v) is 6.44. The molecule has 0 bridgehead atoms. The predicted octanol–water partition coefficient (Wildman–Crippen LogP) is 3.16. The summed E-state index contributed by atoms with van der Waals surface area (Å²) in [5, 5.41) is 0.764. The van der Waals surface area contributed by atoms with Gasteiger partial charge in [-0.05, 0) is 36.2 Å². The van der Waals surface area contributed by atoms with Crippen molar-refractivity contribution in [2.24, 2.45) is 5.84 Å². The van der Waals surface area contributed by atoms with Crippen molar-refractivity contribution < 1.29 is 4.74 Å². The summed E-state index contributed by atoms with van der Waals surface area (Å²) in [5.74, 6) is 6.80. The van der Waals surface area contributed by atoms with Gasteiger partial charge >= 0.3 is 0 Å². The molecule has 0 amide bonds. The number of hydrogen-bond donors (Lipinski definition) is 2. The molecular weight excluding hydrogens is 262 g/mol. The van der Waals surface area contributed by atoms with Crippen LogP contribution in [-0.4, -0.2) is 4.98 Å². The van der Waals surface area contributed by atoms with Crippen LogP contribution in [0.25, 0.3) is 0 Å². The van der Waals surface area contributed by atoms with E-state index in [2.05, 4.69) is 17.3 Å². The molecule has 19 heavy (non-hydrogen) atoms. The van der Waals surface area contributed by atoms with Crippen LogP contribution in [0.1, 0.15) is 18.1 Å². The third-order valence-electron chi connectivity index (χ3n) is 2.82. The van der Waals surface area contributed by atoms with Crippen LogP contribution in [0.4, 0.5) is 5.82 Å². The number of anilines is 1. The Labute approximate surface area is 117 Å². The van der Waals surface area contributed by atoms with Crippen LogP contribution in [0.3, 0.4) is 0 Å². The monoisotopic (exact) mass is 277 g/mol. The molecular formula is C14H16ClN3O. The summed E-state index contributed by atoms with van der Waals surface area (Å²) in [6, 6.07) is 9.42. The number of benzene rings is 1. The predicted molar refractivity (Wildman–Crippen MR) is 77.2 cm³/mol. The zero-order chi connectivity index (χ0) is 13.7. The lowest BCUT2D eigenvalue weighted by atomic mass is 10.1. The maximum absolute atomic E-state index is 6.07. The van der Waals surface area contributed by atoms with Gasteiger partial charge < -0.3 is 10.2 Å². The maximum atomic E-state index is 6.07. The molecule has 0 saturated heterocycles. The highest BCUT2D eigenvalue weighted by atomic mass is 35.5. The van der Waals surface area contributed by atoms with Gasteiger partial charge in [0.05, 0.1) is 0 Å². The van der Waals surface area contributed by atoms with Crippen LogP contribution in [0.5, 0.6) is 5.75 Å². The van der Waals surface area contributed by atoms with Crippen molar-refractivity contribution in [3.05, 3.63) is 52.7 Å². The second kappa shape index (κ2) is 6.41. The number of ether oxygens (including phenoxy) is 1. The molecule has 0 aliphatic carbocycles. The van der Waals surface area contributed by atoms with E-state index in [0.717, 1.165) is 28.3 Å². The van der Waals surface area contributed by atoms with E-state index < -0.39 is 0 Å². The Morgan fingerprint density at radius 3 is 2.89 bits per heavy atom. The topological polar surface area (TPSA) is 60.2 Å². The van der Waals surface area contributed by atoms with Gasteiger partial charge in [0, 0.05) is 16.8 Å². The molecule has 0 atom stereocenters. The Hall–Kier alpha value is -1.78. The third kappa shape index (κ3) is 3.36. The first kappa shape index (κ1) is 13.6. The molecule has 2 aromatic rings. The summed E-state index contributed by atoms with van der Waals surface area (Å²) < 4.78 is 5.74. The minimum atomic E-state index is 0.401. The molecule has 0 unspecified atom stereocenters. The normalized spacial score (nSPS) is 10.3. The van der Waals surface area contributed by atoms with Gasteiger partial charge in [0.15, 0.2) is 0 Å². The molecule has 0 radical (unpaired) electrons. The number of pyridine rings is 1. The molecule has 4 nitrogen and oxygen atoms in total. The van der Waals surface area contributed by atoms with E-state index in [4.69, 9.17) is 22.2 Å². The Balaban J connectivity index is 2.10. The van der Waals surface area contributed by atoms with E-state index in [1.54, 1.807) is 6.20 Å². The highest BCUT2D eigenvalue weighted by Crippen LogP contribution is 2.23. The number of nitrogens with one attached hydrogen (secondary N) is 1. The van der Waals surface area contributed by atoms with E-state index in [1.165, 1.54) is 0 Å². The van der Waals surface area contributed by atoms with Crippen molar-refractivity contribution in [2.75, 3.05) is 5.43 Å². The Morgan fingerprint density at radius 2 is 2.16 bits per heavy atom. The van der Waals surface area contributed by atoms with Gasteiger partial charge in [0.1, 0.15) is 18.2 Å².